The molecule has 0 N–H and O–H groups in total. The summed E-state index contributed by atoms with van der Waals surface area (Å²) < 4.78 is 5.00. The van der Waals surface area contributed by atoms with Crippen LogP contribution in [0.25, 0.3) is 0 Å². The van der Waals surface area contributed by atoms with Crippen LogP contribution in [0.3, 0.4) is 0 Å². The summed E-state index contributed by atoms with van der Waals surface area (Å²) in [6.07, 6.45) is 0. The van der Waals surface area contributed by atoms with Gasteiger partial charge in [-0.25, -0.2) is 0 Å². The molecule has 0 spiro atoms. The quantitative estimate of drug-likeness (QED) is 0.483. The Bertz CT molecular complexity index is 579. The number of carbonyl (C=O) groups is 2. The number of Topliss-reactive ketones (excluding diaryl/α,β-unsaturated/α-hetero) is 1. The molecule has 2 unspecified atom stereocenters. The van der Waals surface area contributed by atoms with E-state index in [-0.39, 0.29) is 21.7 Å². The smallest absolute Gasteiger partial charge is 0.317 e. The first kappa shape index (κ1) is 15.0. The van der Waals surface area contributed by atoms with Gasteiger partial charge in [-0.05, 0) is 17.1 Å². The van der Waals surface area contributed by atoms with E-state index in [9.17, 15) is 9.59 Å². The van der Waals surface area contributed by atoms with E-state index in [1.54, 1.807) is 0 Å². The number of fused-ring (bicyclic) bond motifs is 2. The van der Waals surface area contributed by atoms with E-state index < -0.39 is 5.92 Å². The Morgan fingerprint density at radius 3 is 2.52 bits per heavy atom. The highest BCUT2D eigenvalue weighted by molar-refractivity contribution is 8.17. The van der Waals surface area contributed by atoms with Crippen molar-refractivity contribution in [2.75, 3.05) is 18.1 Å². The van der Waals surface area contributed by atoms with Crippen molar-refractivity contribution in [1.82, 2.24) is 0 Å². The van der Waals surface area contributed by atoms with E-state index in [0.29, 0.717) is 12.2 Å². The molecule has 112 valence electrons. The summed E-state index contributed by atoms with van der Waals surface area (Å²) in [5.74, 6) is 0.763. The van der Waals surface area contributed by atoms with E-state index >= 15 is 0 Å². The first-order valence-electron chi connectivity index (χ1n) is 7.24. The lowest BCUT2D eigenvalue weighted by Gasteiger charge is -2.43. The van der Waals surface area contributed by atoms with Crippen LogP contribution < -0.4 is 0 Å². The van der Waals surface area contributed by atoms with E-state index in [1.165, 1.54) is 0 Å². The maximum absolute atomic E-state index is 12.7. The van der Waals surface area contributed by atoms with Crippen molar-refractivity contribution in [1.29, 1.82) is 0 Å². The summed E-state index contributed by atoms with van der Waals surface area (Å²) in [7, 11) is 0. The molecule has 1 aromatic rings. The molecule has 3 nitrogen and oxygen atoms in total. The van der Waals surface area contributed by atoms with Gasteiger partial charge in [-0.3, -0.25) is 9.59 Å². The number of hydrogen-bond donors (Lipinski definition) is 0. The fourth-order valence-corrected chi connectivity index (χ4v) is 6.75. The predicted molar refractivity (Wildman–Crippen MR) is 86.7 cm³/mol. The van der Waals surface area contributed by atoms with Crippen molar-refractivity contribution in [2.45, 2.75) is 17.9 Å². The fraction of sp³-hybridized carbons (Fsp3) is 0.500. The summed E-state index contributed by atoms with van der Waals surface area (Å²) in [5, 5.41) is 0. The van der Waals surface area contributed by atoms with Crippen molar-refractivity contribution in [3.05, 3.63) is 35.4 Å². The second-order valence-corrected chi connectivity index (χ2v) is 8.44. The summed E-state index contributed by atoms with van der Waals surface area (Å²) in [5.41, 5.74) is 1.76. The van der Waals surface area contributed by atoms with E-state index in [2.05, 4.69) is 13.8 Å². The van der Waals surface area contributed by atoms with Gasteiger partial charge in [0, 0.05) is 11.5 Å². The summed E-state index contributed by atoms with van der Waals surface area (Å²) >= 11 is 3.65. The van der Waals surface area contributed by atoms with Crippen molar-refractivity contribution in [3.63, 3.8) is 0 Å². The average Bonchev–Trinajstić information content (AvgIpc) is 2.88. The molecule has 0 aromatic heterocycles. The number of esters is 1. The van der Waals surface area contributed by atoms with Gasteiger partial charge in [0.2, 0.25) is 0 Å². The van der Waals surface area contributed by atoms with Crippen LogP contribution in [0.5, 0.6) is 0 Å². The number of cyclic esters (lactones) is 1. The minimum Gasteiger partial charge on any atom is -0.465 e. The molecule has 5 heteroatoms. The number of hydrogen-bond acceptors (Lipinski definition) is 5. The van der Waals surface area contributed by atoms with Crippen LogP contribution >= 0.6 is 23.5 Å². The van der Waals surface area contributed by atoms with Gasteiger partial charge in [0.1, 0.15) is 5.92 Å². The van der Waals surface area contributed by atoms with E-state index in [0.717, 1.165) is 17.1 Å². The largest absolute Gasteiger partial charge is 0.465 e. The molecule has 0 saturated carbocycles. The summed E-state index contributed by atoms with van der Waals surface area (Å²) in [6.45, 7) is 4.59. The maximum Gasteiger partial charge on any atom is 0.317 e. The third-order valence-corrected chi connectivity index (χ3v) is 7.31. The SMILES string of the molecule is CCSC1(SCC)c2ccccc2C(=O)C2C(=O)OCC21. The molecule has 21 heavy (non-hydrogen) atoms. The second-order valence-electron chi connectivity index (χ2n) is 5.16. The van der Waals surface area contributed by atoms with Crippen molar-refractivity contribution >= 4 is 35.3 Å². The predicted octanol–water partition coefficient (Wildman–Crippen LogP) is 3.33. The molecule has 1 aliphatic carbocycles. The van der Waals surface area contributed by atoms with Gasteiger partial charge in [-0.2, -0.15) is 0 Å². The van der Waals surface area contributed by atoms with Crippen molar-refractivity contribution in [3.8, 4) is 0 Å². The maximum atomic E-state index is 12.7. The zero-order chi connectivity index (χ0) is 15.0. The standard InChI is InChI=1S/C16H18O3S2/c1-3-20-16(21-4-2)11-8-6-5-7-10(11)14(17)13-12(16)9-19-15(13)18/h5-8,12-13H,3-4,9H2,1-2H3. The Morgan fingerprint density at radius 1 is 1.19 bits per heavy atom. The molecule has 1 aliphatic heterocycles. The van der Waals surface area contributed by atoms with Gasteiger partial charge >= 0.3 is 5.97 Å². The van der Waals surface area contributed by atoms with Gasteiger partial charge < -0.3 is 4.74 Å². The first-order chi connectivity index (χ1) is 10.2. The monoisotopic (exact) mass is 322 g/mol. The molecule has 2 aliphatic rings. The Morgan fingerprint density at radius 2 is 1.86 bits per heavy atom. The molecule has 0 amide bonds. The number of benzene rings is 1. The number of ketones is 1. The molecule has 1 aromatic carbocycles. The summed E-state index contributed by atoms with van der Waals surface area (Å²) in [6, 6.07) is 7.73. The van der Waals surface area contributed by atoms with Crippen LogP contribution in [0.15, 0.2) is 24.3 Å². The van der Waals surface area contributed by atoms with Gasteiger partial charge in [0.15, 0.2) is 5.78 Å². The third kappa shape index (κ3) is 2.13. The molecule has 1 heterocycles. The van der Waals surface area contributed by atoms with Crippen LogP contribution in [-0.4, -0.2) is 29.9 Å². The Balaban J connectivity index is 2.22. The van der Waals surface area contributed by atoms with Gasteiger partial charge in [0.25, 0.3) is 0 Å². The zero-order valence-corrected chi connectivity index (χ0v) is 13.8. The lowest BCUT2D eigenvalue weighted by molar-refractivity contribution is -0.140. The molecular formula is C16H18O3S2. The van der Waals surface area contributed by atoms with Crippen LogP contribution in [0.2, 0.25) is 0 Å². The third-order valence-electron chi connectivity index (χ3n) is 4.12. The lowest BCUT2D eigenvalue weighted by atomic mass is 9.75. The highest BCUT2D eigenvalue weighted by Crippen LogP contribution is 2.59. The number of thioether (sulfide) groups is 2. The Kier molecular flexibility index (Phi) is 4.06. The Labute approximate surface area is 133 Å². The second kappa shape index (κ2) is 5.69. The normalized spacial score (nSPS) is 26.2. The van der Waals surface area contributed by atoms with Crippen LogP contribution in [-0.2, 0) is 13.6 Å². The van der Waals surface area contributed by atoms with Crippen molar-refractivity contribution < 1.29 is 14.3 Å². The van der Waals surface area contributed by atoms with Crippen LogP contribution in [0, 0.1) is 11.8 Å². The molecule has 0 bridgehead atoms. The summed E-state index contributed by atoms with van der Waals surface area (Å²) in [4.78, 5) is 24.7. The van der Waals surface area contributed by atoms with Crippen LogP contribution in [0.1, 0.15) is 29.8 Å². The number of carbonyl (C=O) groups excluding carboxylic acids is 2. The molecule has 1 saturated heterocycles. The minimum atomic E-state index is -0.627. The Hall–Kier alpha value is -0.940. The molecule has 0 radical (unpaired) electrons. The number of ether oxygens (including phenoxy) is 1. The van der Waals surface area contributed by atoms with E-state index in [4.69, 9.17) is 4.74 Å². The highest BCUT2D eigenvalue weighted by Gasteiger charge is 2.58. The van der Waals surface area contributed by atoms with Crippen LogP contribution in [0.4, 0.5) is 0 Å². The topological polar surface area (TPSA) is 43.4 Å². The van der Waals surface area contributed by atoms with Crippen molar-refractivity contribution in [2.24, 2.45) is 11.8 Å². The molecule has 2 atom stereocenters. The zero-order valence-electron chi connectivity index (χ0n) is 12.1. The average molecular weight is 322 g/mol. The molecule has 3 rings (SSSR count). The van der Waals surface area contributed by atoms with Gasteiger partial charge in [0.05, 0.1) is 10.7 Å². The number of rotatable bonds is 4. The molecule has 1 fully saturated rings. The van der Waals surface area contributed by atoms with Gasteiger partial charge in [-0.15, -0.1) is 23.5 Å². The minimum absolute atomic E-state index is 0.0673. The first-order valence-corrected chi connectivity index (χ1v) is 9.21. The molecular weight excluding hydrogens is 304 g/mol. The van der Waals surface area contributed by atoms with E-state index in [1.807, 2.05) is 47.8 Å². The highest BCUT2D eigenvalue weighted by atomic mass is 32.2. The lowest BCUT2D eigenvalue weighted by Crippen LogP contribution is -2.44. The van der Waals surface area contributed by atoms with Gasteiger partial charge in [-0.1, -0.05) is 38.1 Å². The fourth-order valence-electron chi connectivity index (χ4n) is 3.35.